The van der Waals surface area contributed by atoms with Gasteiger partial charge in [-0.15, -0.1) is 0 Å². The van der Waals surface area contributed by atoms with Crippen molar-refractivity contribution in [2.45, 2.75) is 45.7 Å². The second kappa shape index (κ2) is 10.8. The van der Waals surface area contributed by atoms with Crippen LogP contribution in [0.1, 0.15) is 33.3 Å². The van der Waals surface area contributed by atoms with E-state index in [9.17, 15) is 22.4 Å². The Morgan fingerprint density at radius 1 is 1.03 bits per heavy atom. The molecule has 2 amide bonds. The van der Waals surface area contributed by atoms with Crippen LogP contribution in [0.3, 0.4) is 0 Å². The zero-order valence-corrected chi connectivity index (χ0v) is 20.5. The Morgan fingerprint density at radius 3 is 2.12 bits per heavy atom. The van der Waals surface area contributed by atoms with Gasteiger partial charge in [0.15, 0.2) is 0 Å². The maximum Gasteiger partial charge on any atom is 0.244 e. The zero-order chi connectivity index (χ0) is 24.8. The molecule has 2 rings (SSSR count). The fraction of sp³-hybridized carbons (Fsp3) is 0.417. The highest BCUT2D eigenvalue weighted by molar-refractivity contribution is 7.92. The third kappa shape index (κ3) is 8.16. The van der Waals surface area contributed by atoms with E-state index in [2.05, 4.69) is 5.32 Å². The molecule has 9 heteroatoms. The largest absolute Gasteiger partial charge is 0.350 e. The number of anilines is 1. The number of sulfonamides is 1. The van der Waals surface area contributed by atoms with Gasteiger partial charge in [0, 0.05) is 12.1 Å². The summed E-state index contributed by atoms with van der Waals surface area (Å²) >= 11 is 0. The number of hydrogen-bond donors (Lipinski definition) is 1. The summed E-state index contributed by atoms with van der Waals surface area (Å²) in [6.45, 7) is 6.86. The lowest BCUT2D eigenvalue weighted by atomic mass is 10.1. The van der Waals surface area contributed by atoms with Crippen molar-refractivity contribution in [3.05, 3.63) is 66.0 Å². The molecule has 0 aromatic heterocycles. The molecule has 2 aromatic carbocycles. The molecule has 0 aliphatic carbocycles. The number of benzene rings is 2. The molecule has 0 saturated heterocycles. The Kier molecular flexibility index (Phi) is 8.60. The number of hydrogen-bond acceptors (Lipinski definition) is 4. The number of nitrogens with zero attached hydrogens (tertiary/aromatic N) is 2. The summed E-state index contributed by atoms with van der Waals surface area (Å²) in [6.07, 6.45) is 1.48. The Bertz CT molecular complexity index is 1050. The first kappa shape index (κ1) is 26.3. The maximum atomic E-state index is 13.3. The van der Waals surface area contributed by atoms with E-state index in [-0.39, 0.29) is 18.1 Å². The molecular weight excluding hydrogens is 445 g/mol. The summed E-state index contributed by atoms with van der Waals surface area (Å²) in [5.74, 6) is -1.38. The fourth-order valence-corrected chi connectivity index (χ4v) is 4.11. The van der Waals surface area contributed by atoms with Crippen LogP contribution < -0.4 is 9.62 Å². The molecule has 0 spiro atoms. The molecule has 0 aliphatic rings. The topological polar surface area (TPSA) is 86.8 Å². The van der Waals surface area contributed by atoms with Crippen LogP contribution in [0.25, 0.3) is 0 Å². The van der Waals surface area contributed by atoms with E-state index >= 15 is 0 Å². The van der Waals surface area contributed by atoms with E-state index in [1.165, 1.54) is 17.0 Å². The molecule has 0 radical (unpaired) electrons. The number of nitrogens with one attached hydrogen (secondary N) is 1. The van der Waals surface area contributed by atoms with Gasteiger partial charge in [0.05, 0.1) is 11.9 Å². The Morgan fingerprint density at radius 2 is 1.61 bits per heavy atom. The Balaban J connectivity index is 2.31. The van der Waals surface area contributed by atoms with Crippen molar-refractivity contribution in [3.63, 3.8) is 0 Å². The summed E-state index contributed by atoms with van der Waals surface area (Å²) < 4.78 is 39.1. The van der Waals surface area contributed by atoms with E-state index < -0.39 is 39.9 Å². The molecule has 0 aliphatic heterocycles. The minimum Gasteiger partial charge on any atom is -0.350 e. The van der Waals surface area contributed by atoms with Crippen molar-refractivity contribution in [1.82, 2.24) is 10.2 Å². The van der Waals surface area contributed by atoms with Crippen molar-refractivity contribution in [2.75, 3.05) is 23.7 Å². The Hall–Kier alpha value is -2.94. The molecule has 1 N–H and O–H groups in total. The maximum absolute atomic E-state index is 13.3. The number of carbonyl (C=O) groups is 2. The quantitative estimate of drug-likeness (QED) is 0.602. The van der Waals surface area contributed by atoms with Gasteiger partial charge in [-0.2, -0.15) is 0 Å². The molecular formula is C24H32FN3O4S. The first-order valence-electron chi connectivity index (χ1n) is 10.7. The van der Waals surface area contributed by atoms with Gasteiger partial charge in [-0.3, -0.25) is 13.9 Å². The van der Waals surface area contributed by atoms with Gasteiger partial charge in [-0.05, 0) is 63.9 Å². The summed E-state index contributed by atoms with van der Waals surface area (Å²) in [4.78, 5) is 27.6. The molecule has 0 unspecified atom stereocenters. The summed E-state index contributed by atoms with van der Waals surface area (Å²) in [6, 6.07) is 13.5. The molecule has 0 bridgehead atoms. The third-order valence-electron chi connectivity index (χ3n) is 4.94. The van der Waals surface area contributed by atoms with Crippen molar-refractivity contribution in [1.29, 1.82) is 0 Å². The Labute approximate surface area is 195 Å². The van der Waals surface area contributed by atoms with Crippen LogP contribution in [0.5, 0.6) is 0 Å². The van der Waals surface area contributed by atoms with Crippen molar-refractivity contribution >= 4 is 27.5 Å². The van der Waals surface area contributed by atoms with Gasteiger partial charge in [0.1, 0.15) is 18.4 Å². The van der Waals surface area contributed by atoms with Gasteiger partial charge < -0.3 is 10.2 Å². The van der Waals surface area contributed by atoms with Crippen LogP contribution in [0.2, 0.25) is 0 Å². The minimum atomic E-state index is -3.84. The number of amides is 2. The highest BCUT2D eigenvalue weighted by atomic mass is 32.2. The lowest BCUT2D eigenvalue weighted by molar-refractivity contribution is -0.139. The molecule has 0 fully saturated rings. The van der Waals surface area contributed by atoms with Crippen LogP contribution in [0, 0.1) is 5.82 Å². The normalized spacial score (nSPS) is 12.7. The van der Waals surface area contributed by atoms with E-state index in [1.54, 1.807) is 6.92 Å². The lowest BCUT2D eigenvalue weighted by Gasteiger charge is -2.33. The first-order chi connectivity index (χ1) is 15.3. The highest BCUT2D eigenvalue weighted by Crippen LogP contribution is 2.19. The average Bonchev–Trinajstić information content (AvgIpc) is 2.71. The van der Waals surface area contributed by atoms with Crippen molar-refractivity contribution in [2.24, 2.45) is 0 Å². The van der Waals surface area contributed by atoms with Gasteiger partial charge in [-0.25, -0.2) is 12.8 Å². The van der Waals surface area contributed by atoms with E-state index in [1.807, 2.05) is 51.1 Å². The van der Waals surface area contributed by atoms with Gasteiger partial charge in [0.2, 0.25) is 21.8 Å². The average molecular weight is 478 g/mol. The monoisotopic (exact) mass is 477 g/mol. The van der Waals surface area contributed by atoms with Crippen molar-refractivity contribution < 1.29 is 22.4 Å². The second-order valence-corrected chi connectivity index (χ2v) is 10.9. The van der Waals surface area contributed by atoms with E-state index in [0.29, 0.717) is 6.42 Å². The zero-order valence-electron chi connectivity index (χ0n) is 19.7. The molecule has 2 aromatic rings. The fourth-order valence-electron chi connectivity index (χ4n) is 3.27. The van der Waals surface area contributed by atoms with E-state index in [4.69, 9.17) is 0 Å². The number of carbonyl (C=O) groups excluding carboxylic acids is 2. The van der Waals surface area contributed by atoms with Crippen LogP contribution in [-0.4, -0.2) is 56.1 Å². The van der Waals surface area contributed by atoms with Gasteiger partial charge in [0.25, 0.3) is 0 Å². The molecule has 0 saturated carbocycles. The van der Waals surface area contributed by atoms with Crippen molar-refractivity contribution in [3.8, 4) is 0 Å². The lowest BCUT2D eigenvalue weighted by Crippen LogP contribution is -2.55. The van der Waals surface area contributed by atoms with Crippen LogP contribution in [0.4, 0.5) is 10.1 Å². The molecule has 1 atom stereocenters. The summed E-state index contributed by atoms with van der Waals surface area (Å²) in [5.41, 5.74) is 0.658. The number of halogens is 1. The smallest absolute Gasteiger partial charge is 0.244 e. The van der Waals surface area contributed by atoms with E-state index in [0.717, 1.165) is 28.3 Å². The molecule has 33 heavy (non-hydrogen) atoms. The molecule has 7 nitrogen and oxygen atoms in total. The first-order valence-corrected chi connectivity index (χ1v) is 12.5. The van der Waals surface area contributed by atoms with Crippen LogP contribution in [-0.2, 0) is 26.0 Å². The second-order valence-electron chi connectivity index (χ2n) is 8.98. The predicted octanol–water partition coefficient (Wildman–Crippen LogP) is 2.97. The summed E-state index contributed by atoms with van der Waals surface area (Å²) in [5, 5.41) is 2.87. The van der Waals surface area contributed by atoms with Gasteiger partial charge >= 0.3 is 0 Å². The number of rotatable bonds is 9. The standard InChI is InChI=1S/C24H32FN3O4S/c1-18(23(30)26-24(2,3)4)27(16-15-19-9-7-6-8-10-19)22(29)17-28(33(5,31)32)21-13-11-20(25)12-14-21/h6-14,18H,15-17H2,1-5H3,(H,26,30)/t18-/m0/s1. The van der Waals surface area contributed by atoms with Crippen LogP contribution in [0.15, 0.2) is 54.6 Å². The molecule has 180 valence electrons. The third-order valence-corrected chi connectivity index (χ3v) is 6.08. The SMILES string of the molecule is C[C@@H](C(=O)NC(C)(C)C)N(CCc1ccccc1)C(=O)CN(c1ccc(F)cc1)S(C)(=O)=O. The predicted molar refractivity (Wildman–Crippen MR) is 128 cm³/mol. The van der Waals surface area contributed by atoms with Crippen LogP contribution >= 0.6 is 0 Å². The molecule has 0 heterocycles. The summed E-state index contributed by atoms with van der Waals surface area (Å²) in [7, 11) is -3.84. The highest BCUT2D eigenvalue weighted by Gasteiger charge is 2.31. The van der Waals surface area contributed by atoms with Gasteiger partial charge in [-0.1, -0.05) is 30.3 Å². The minimum absolute atomic E-state index is 0.169.